The molecular formula is C14H15F3N2. The molecule has 5 heteroatoms. The number of nitrogens with one attached hydrogen (secondary N) is 1. The van der Waals surface area contributed by atoms with Crippen molar-refractivity contribution in [2.45, 2.75) is 26.4 Å². The first-order valence-electron chi connectivity index (χ1n) is 6.14. The molecule has 0 unspecified atom stereocenters. The second-order valence-corrected chi connectivity index (χ2v) is 4.33. The lowest BCUT2D eigenvalue weighted by molar-refractivity contribution is 0.449. The van der Waals surface area contributed by atoms with Gasteiger partial charge in [-0.05, 0) is 30.2 Å². The van der Waals surface area contributed by atoms with Crippen LogP contribution in [0.15, 0.2) is 30.6 Å². The van der Waals surface area contributed by atoms with Crippen molar-refractivity contribution < 1.29 is 13.2 Å². The van der Waals surface area contributed by atoms with E-state index in [1.807, 2.05) is 23.0 Å². The molecule has 0 aliphatic rings. The summed E-state index contributed by atoms with van der Waals surface area (Å²) in [6, 6.07) is 4.00. The highest BCUT2D eigenvalue weighted by molar-refractivity contribution is 5.45. The molecule has 0 saturated heterocycles. The molecule has 2 aromatic rings. The van der Waals surface area contributed by atoms with Crippen molar-refractivity contribution in [1.82, 2.24) is 4.57 Å². The third kappa shape index (κ3) is 3.10. The molecule has 1 aromatic carbocycles. The minimum atomic E-state index is -1.45. The Morgan fingerprint density at radius 2 is 1.89 bits per heavy atom. The minimum Gasteiger partial charge on any atom is -0.378 e. The summed E-state index contributed by atoms with van der Waals surface area (Å²) in [4.78, 5) is 0. The van der Waals surface area contributed by atoms with Crippen molar-refractivity contribution >= 4 is 5.69 Å². The van der Waals surface area contributed by atoms with Crippen molar-refractivity contribution in [2.24, 2.45) is 0 Å². The molecular weight excluding hydrogens is 253 g/mol. The summed E-state index contributed by atoms with van der Waals surface area (Å²) in [7, 11) is 0. The van der Waals surface area contributed by atoms with Gasteiger partial charge >= 0.3 is 0 Å². The summed E-state index contributed by atoms with van der Waals surface area (Å²) in [5, 5.41) is 2.76. The lowest BCUT2D eigenvalue weighted by Gasteiger charge is -2.07. The smallest absolute Gasteiger partial charge is 0.196 e. The Balaban J connectivity index is 2.04. The number of nitrogens with zero attached hydrogens (tertiary/aromatic N) is 1. The van der Waals surface area contributed by atoms with Gasteiger partial charge < -0.3 is 9.88 Å². The molecule has 1 N–H and O–H groups in total. The van der Waals surface area contributed by atoms with Crippen molar-refractivity contribution in [3.05, 3.63) is 53.6 Å². The molecule has 2 rings (SSSR count). The molecule has 0 atom stereocenters. The largest absolute Gasteiger partial charge is 0.378 e. The molecule has 102 valence electrons. The van der Waals surface area contributed by atoms with Gasteiger partial charge in [0, 0.05) is 25.5 Å². The highest BCUT2D eigenvalue weighted by atomic mass is 19.2. The average molecular weight is 268 g/mol. The van der Waals surface area contributed by atoms with E-state index >= 15 is 0 Å². The quantitative estimate of drug-likeness (QED) is 0.813. The fraction of sp³-hybridized carbons (Fsp3) is 0.286. The van der Waals surface area contributed by atoms with Gasteiger partial charge in [-0.15, -0.1) is 0 Å². The third-order valence-corrected chi connectivity index (χ3v) is 2.81. The van der Waals surface area contributed by atoms with Crippen LogP contribution in [0.5, 0.6) is 0 Å². The fourth-order valence-corrected chi connectivity index (χ4v) is 1.85. The van der Waals surface area contributed by atoms with Gasteiger partial charge in [0.15, 0.2) is 17.5 Å². The number of anilines is 1. The van der Waals surface area contributed by atoms with Crippen molar-refractivity contribution in [2.75, 3.05) is 5.32 Å². The first-order valence-corrected chi connectivity index (χ1v) is 6.14. The van der Waals surface area contributed by atoms with Crippen LogP contribution < -0.4 is 5.32 Å². The predicted octanol–water partition coefficient (Wildman–Crippen LogP) is 3.93. The summed E-state index contributed by atoms with van der Waals surface area (Å²) < 4.78 is 41.2. The van der Waals surface area contributed by atoms with Crippen LogP contribution >= 0.6 is 0 Å². The van der Waals surface area contributed by atoms with Crippen molar-refractivity contribution in [1.29, 1.82) is 0 Å². The van der Waals surface area contributed by atoms with E-state index in [0.29, 0.717) is 6.54 Å². The zero-order valence-electron chi connectivity index (χ0n) is 10.6. The van der Waals surface area contributed by atoms with E-state index in [9.17, 15) is 13.2 Å². The number of aryl methyl sites for hydroxylation is 1. The highest BCUT2D eigenvalue weighted by Crippen LogP contribution is 2.20. The SMILES string of the molecule is CCCn1ccc(CNc2ccc(F)c(F)c2F)c1. The van der Waals surface area contributed by atoms with Crippen LogP contribution in [0.2, 0.25) is 0 Å². The molecule has 0 bridgehead atoms. The molecule has 0 fully saturated rings. The third-order valence-electron chi connectivity index (χ3n) is 2.81. The number of halogens is 3. The molecule has 2 nitrogen and oxygen atoms in total. The summed E-state index contributed by atoms with van der Waals surface area (Å²) in [5.74, 6) is -3.82. The standard InChI is InChI=1S/C14H15F3N2/c1-2-6-19-7-5-10(9-19)8-18-12-4-3-11(15)13(16)14(12)17/h3-5,7,9,18H,2,6,8H2,1H3. The van der Waals surface area contributed by atoms with Gasteiger partial charge in [0.25, 0.3) is 0 Å². The number of benzene rings is 1. The predicted molar refractivity (Wildman–Crippen MR) is 68.4 cm³/mol. The second kappa shape index (κ2) is 5.82. The van der Waals surface area contributed by atoms with E-state index in [1.165, 1.54) is 6.07 Å². The molecule has 19 heavy (non-hydrogen) atoms. The van der Waals surface area contributed by atoms with Crippen LogP contribution in [0.4, 0.5) is 18.9 Å². The van der Waals surface area contributed by atoms with Gasteiger partial charge in [0.2, 0.25) is 0 Å². The molecule has 1 heterocycles. The van der Waals surface area contributed by atoms with Crippen LogP contribution in [0, 0.1) is 17.5 Å². The lowest BCUT2D eigenvalue weighted by Crippen LogP contribution is -2.03. The number of rotatable bonds is 5. The van der Waals surface area contributed by atoms with Crippen LogP contribution in [0.3, 0.4) is 0 Å². The molecule has 0 aliphatic carbocycles. The Morgan fingerprint density at radius 1 is 1.11 bits per heavy atom. The summed E-state index contributed by atoms with van der Waals surface area (Å²) in [6.07, 6.45) is 4.90. The molecule has 0 amide bonds. The monoisotopic (exact) mass is 268 g/mol. The van der Waals surface area contributed by atoms with E-state index in [1.54, 1.807) is 0 Å². The summed E-state index contributed by atoms with van der Waals surface area (Å²) >= 11 is 0. The molecule has 0 spiro atoms. The normalized spacial score (nSPS) is 10.7. The fourth-order valence-electron chi connectivity index (χ4n) is 1.85. The van der Waals surface area contributed by atoms with E-state index in [4.69, 9.17) is 0 Å². The van der Waals surface area contributed by atoms with Crippen LogP contribution in [-0.4, -0.2) is 4.57 Å². The van der Waals surface area contributed by atoms with Crippen LogP contribution in [0.25, 0.3) is 0 Å². The second-order valence-electron chi connectivity index (χ2n) is 4.33. The van der Waals surface area contributed by atoms with E-state index in [-0.39, 0.29) is 5.69 Å². The van der Waals surface area contributed by atoms with Crippen molar-refractivity contribution in [3.63, 3.8) is 0 Å². The summed E-state index contributed by atoms with van der Waals surface area (Å²) in [6.45, 7) is 3.35. The molecule has 1 aromatic heterocycles. The van der Waals surface area contributed by atoms with Gasteiger partial charge in [-0.2, -0.15) is 0 Å². The first-order chi connectivity index (χ1) is 9.11. The maximum absolute atomic E-state index is 13.4. The van der Waals surface area contributed by atoms with Gasteiger partial charge in [-0.25, -0.2) is 13.2 Å². The van der Waals surface area contributed by atoms with Crippen molar-refractivity contribution in [3.8, 4) is 0 Å². The maximum Gasteiger partial charge on any atom is 0.196 e. The van der Waals surface area contributed by atoms with Crippen LogP contribution in [0.1, 0.15) is 18.9 Å². The Kier molecular flexibility index (Phi) is 4.14. The zero-order valence-corrected chi connectivity index (χ0v) is 10.6. The van der Waals surface area contributed by atoms with E-state index < -0.39 is 17.5 Å². The minimum absolute atomic E-state index is 0.0397. The topological polar surface area (TPSA) is 17.0 Å². The highest BCUT2D eigenvalue weighted by Gasteiger charge is 2.12. The van der Waals surface area contributed by atoms with Gasteiger partial charge in [-0.1, -0.05) is 6.92 Å². The number of hydrogen-bond donors (Lipinski definition) is 1. The number of hydrogen-bond acceptors (Lipinski definition) is 1. The first kappa shape index (κ1) is 13.5. The lowest BCUT2D eigenvalue weighted by atomic mass is 10.2. The van der Waals surface area contributed by atoms with Gasteiger partial charge in [0.05, 0.1) is 5.69 Å². The molecule has 0 aliphatic heterocycles. The van der Waals surface area contributed by atoms with Gasteiger partial charge in [0.1, 0.15) is 0 Å². The average Bonchev–Trinajstić information content (AvgIpc) is 2.83. The Bertz CT molecular complexity index is 564. The van der Waals surface area contributed by atoms with Crippen LogP contribution in [-0.2, 0) is 13.1 Å². The van der Waals surface area contributed by atoms with E-state index in [2.05, 4.69) is 12.2 Å². The Labute approximate surface area is 109 Å². The maximum atomic E-state index is 13.4. The Morgan fingerprint density at radius 3 is 2.63 bits per heavy atom. The number of aromatic nitrogens is 1. The van der Waals surface area contributed by atoms with Gasteiger partial charge in [-0.3, -0.25) is 0 Å². The molecule has 0 saturated carbocycles. The van der Waals surface area contributed by atoms with E-state index in [0.717, 1.165) is 24.6 Å². The summed E-state index contributed by atoms with van der Waals surface area (Å²) in [5.41, 5.74) is 0.916. The Hall–Kier alpha value is -1.91. The molecule has 0 radical (unpaired) electrons. The zero-order chi connectivity index (χ0) is 13.8.